The van der Waals surface area contributed by atoms with E-state index in [1.807, 2.05) is 31.2 Å². The van der Waals surface area contributed by atoms with Gasteiger partial charge in [-0.25, -0.2) is 0 Å². The molecule has 0 radical (unpaired) electrons. The number of halogens is 1. The van der Waals surface area contributed by atoms with Crippen molar-refractivity contribution in [1.29, 1.82) is 0 Å². The number of amides is 2. The van der Waals surface area contributed by atoms with Gasteiger partial charge in [-0.3, -0.25) is 9.59 Å². The Hall–Kier alpha value is -2.73. The minimum absolute atomic E-state index is 0.0228. The predicted octanol–water partition coefficient (Wildman–Crippen LogP) is 4.24. The smallest absolute Gasteiger partial charge is 0.257 e. The van der Waals surface area contributed by atoms with Crippen LogP contribution in [0.1, 0.15) is 41.6 Å². The zero-order chi connectivity index (χ0) is 22.2. The lowest BCUT2D eigenvalue weighted by Gasteiger charge is -2.32. The molecule has 6 nitrogen and oxygen atoms in total. The molecule has 0 aliphatic carbocycles. The molecule has 2 aromatic carbocycles. The molecule has 1 aliphatic rings. The fourth-order valence-electron chi connectivity index (χ4n) is 3.68. The molecule has 0 atom stereocenters. The molecule has 2 aromatic rings. The van der Waals surface area contributed by atoms with Gasteiger partial charge in [-0.05, 0) is 56.0 Å². The fraction of sp³-hybridized carbons (Fsp3) is 0.417. The number of piperidine rings is 1. The number of carbonyl (C=O) groups is 2. The van der Waals surface area contributed by atoms with Crippen molar-refractivity contribution in [3.8, 4) is 11.5 Å². The van der Waals surface area contributed by atoms with Crippen LogP contribution in [-0.2, 0) is 4.79 Å². The second kappa shape index (κ2) is 11.0. The number of methoxy groups -OCH3 is 1. The van der Waals surface area contributed by atoms with Crippen molar-refractivity contribution < 1.29 is 19.1 Å². The summed E-state index contributed by atoms with van der Waals surface area (Å²) in [6.45, 7) is 3.67. The van der Waals surface area contributed by atoms with Gasteiger partial charge in [0, 0.05) is 30.6 Å². The molecule has 1 fully saturated rings. The average molecular weight is 445 g/mol. The Balaban J connectivity index is 1.40. The Morgan fingerprint density at radius 1 is 1.13 bits per heavy atom. The highest BCUT2D eigenvalue weighted by Gasteiger charge is 2.26. The van der Waals surface area contributed by atoms with E-state index >= 15 is 0 Å². The van der Waals surface area contributed by atoms with E-state index in [4.69, 9.17) is 21.1 Å². The van der Waals surface area contributed by atoms with E-state index in [1.54, 1.807) is 23.1 Å². The molecule has 7 heteroatoms. The molecule has 1 saturated heterocycles. The summed E-state index contributed by atoms with van der Waals surface area (Å²) < 4.78 is 11.0. The van der Waals surface area contributed by atoms with E-state index < -0.39 is 0 Å². The molecule has 1 aliphatic heterocycles. The van der Waals surface area contributed by atoms with Crippen LogP contribution in [0, 0.1) is 6.92 Å². The summed E-state index contributed by atoms with van der Waals surface area (Å²) in [5.74, 6) is 1.29. The monoisotopic (exact) mass is 444 g/mol. The van der Waals surface area contributed by atoms with Gasteiger partial charge in [0.15, 0.2) is 0 Å². The van der Waals surface area contributed by atoms with Crippen LogP contribution >= 0.6 is 11.6 Å². The molecule has 166 valence electrons. The van der Waals surface area contributed by atoms with Gasteiger partial charge in [0.05, 0.1) is 19.3 Å². The number of rotatable bonds is 8. The van der Waals surface area contributed by atoms with Crippen molar-refractivity contribution in [3.05, 3.63) is 58.6 Å². The molecule has 0 aromatic heterocycles. The first-order valence-corrected chi connectivity index (χ1v) is 11.0. The molecule has 0 spiro atoms. The van der Waals surface area contributed by atoms with Gasteiger partial charge >= 0.3 is 0 Å². The van der Waals surface area contributed by atoms with Crippen LogP contribution in [0.4, 0.5) is 0 Å². The minimum atomic E-state index is -0.0996. The fourth-order valence-corrected chi connectivity index (χ4v) is 3.85. The van der Waals surface area contributed by atoms with E-state index in [2.05, 4.69) is 5.32 Å². The van der Waals surface area contributed by atoms with Gasteiger partial charge in [-0.15, -0.1) is 0 Å². The van der Waals surface area contributed by atoms with Gasteiger partial charge < -0.3 is 19.7 Å². The largest absolute Gasteiger partial charge is 0.496 e. The number of carbonyl (C=O) groups excluding carboxylic acids is 2. The van der Waals surface area contributed by atoms with Gasteiger partial charge in [-0.1, -0.05) is 29.8 Å². The number of nitrogens with zero attached hydrogens (tertiary/aromatic N) is 1. The van der Waals surface area contributed by atoms with E-state index in [-0.39, 0.29) is 17.9 Å². The number of ether oxygens (including phenoxy) is 2. The summed E-state index contributed by atoms with van der Waals surface area (Å²) in [7, 11) is 1.54. The van der Waals surface area contributed by atoms with Crippen molar-refractivity contribution in [1.82, 2.24) is 10.2 Å². The number of likely N-dealkylation sites (tertiary alicyclic amines) is 1. The molecule has 1 heterocycles. The standard InChI is InChI=1S/C24H29ClN2O4/c1-17-6-3-4-7-21(17)31-15-5-8-23(28)26-19-11-13-27(14-12-19)24(29)20-16-18(25)9-10-22(20)30-2/h3-4,6-7,9-10,16,19H,5,8,11-15H2,1-2H3,(H,26,28). The second-order valence-corrected chi connectivity index (χ2v) is 8.13. The number of nitrogens with one attached hydrogen (secondary N) is 1. The third-order valence-electron chi connectivity index (χ3n) is 5.44. The maximum atomic E-state index is 12.9. The second-order valence-electron chi connectivity index (χ2n) is 7.70. The number of hydrogen-bond donors (Lipinski definition) is 1. The summed E-state index contributed by atoms with van der Waals surface area (Å²) >= 11 is 6.05. The van der Waals surface area contributed by atoms with Crippen LogP contribution in [0.15, 0.2) is 42.5 Å². The predicted molar refractivity (Wildman–Crippen MR) is 121 cm³/mol. The number of benzene rings is 2. The van der Waals surface area contributed by atoms with Crippen molar-refractivity contribution in [3.63, 3.8) is 0 Å². The number of hydrogen-bond acceptors (Lipinski definition) is 4. The highest BCUT2D eigenvalue weighted by Crippen LogP contribution is 2.25. The highest BCUT2D eigenvalue weighted by molar-refractivity contribution is 6.31. The highest BCUT2D eigenvalue weighted by atomic mass is 35.5. The molecule has 2 amide bonds. The van der Waals surface area contributed by atoms with Crippen LogP contribution in [0.5, 0.6) is 11.5 Å². The van der Waals surface area contributed by atoms with Crippen LogP contribution in [-0.4, -0.2) is 49.6 Å². The quantitative estimate of drug-likeness (QED) is 0.618. The molecule has 3 rings (SSSR count). The molecule has 0 bridgehead atoms. The van der Waals surface area contributed by atoms with Crippen LogP contribution in [0.2, 0.25) is 5.02 Å². The summed E-state index contributed by atoms with van der Waals surface area (Å²) in [6, 6.07) is 13.0. The van der Waals surface area contributed by atoms with Crippen molar-refractivity contribution >= 4 is 23.4 Å². The average Bonchev–Trinajstić information content (AvgIpc) is 2.78. The lowest BCUT2D eigenvalue weighted by Crippen LogP contribution is -2.46. The third kappa shape index (κ3) is 6.37. The van der Waals surface area contributed by atoms with Gasteiger partial charge in [0.2, 0.25) is 5.91 Å². The zero-order valence-corrected chi connectivity index (χ0v) is 18.8. The van der Waals surface area contributed by atoms with E-state index in [0.29, 0.717) is 48.9 Å². The Morgan fingerprint density at radius 3 is 2.58 bits per heavy atom. The first kappa shape index (κ1) is 22.9. The SMILES string of the molecule is COc1ccc(Cl)cc1C(=O)N1CCC(NC(=O)CCCOc2ccccc2C)CC1. The maximum Gasteiger partial charge on any atom is 0.257 e. The third-order valence-corrected chi connectivity index (χ3v) is 5.67. The van der Waals surface area contributed by atoms with Gasteiger partial charge in [-0.2, -0.15) is 0 Å². The topological polar surface area (TPSA) is 67.9 Å². The van der Waals surface area contributed by atoms with Crippen molar-refractivity contribution in [2.24, 2.45) is 0 Å². The number of aryl methyl sites for hydroxylation is 1. The summed E-state index contributed by atoms with van der Waals surface area (Å²) in [4.78, 5) is 26.9. The Labute approximate surface area is 188 Å². The Kier molecular flexibility index (Phi) is 8.18. The Bertz CT molecular complexity index is 910. The van der Waals surface area contributed by atoms with Gasteiger partial charge in [0.1, 0.15) is 11.5 Å². The minimum Gasteiger partial charge on any atom is -0.496 e. The zero-order valence-electron chi connectivity index (χ0n) is 18.0. The van der Waals surface area contributed by atoms with Crippen LogP contribution in [0.3, 0.4) is 0 Å². The molecular formula is C24H29ClN2O4. The summed E-state index contributed by atoms with van der Waals surface area (Å²) in [5.41, 5.74) is 1.55. The summed E-state index contributed by atoms with van der Waals surface area (Å²) in [5, 5.41) is 3.58. The van der Waals surface area contributed by atoms with E-state index in [9.17, 15) is 9.59 Å². The molecule has 31 heavy (non-hydrogen) atoms. The van der Waals surface area contributed by atoms with E-state index in [0.717, 1.165) is 24.2 Å². The van der Waals surface area contributed by atoms with Crippen LogP contribution in [0.25, 0.3) is 0 Å². The molecule has 0 saturated carbocycles. The lowest BCUT2D eigenvalue weighted by molar-refractivity contribution is -0.122. The van der Waals surface area contributed by atoms with E-state index in [1.165, 1.54) is 7.11 Å². The Morgan fingerprint density at radius 2 is 1.87 bits per heavy atom. The maximum absolute atomic E-state index is 12.9. The molecular weight excluding hydrogens is 416 g/mol. The first-order valence-electron chi connectivity index (χ1n) is 10.6. The van der Waals surface area contributed by atoms with Crippen molar-refractivity contribution in [2.45, 2.75) is 38.6 Å². The first-order chi connectivity index (χ1) is 15.0. The molecule has 1 N–H and O–H groups in total. The van der Waals surface area contributed by atoms with Crippen LogP contribution < -0.4 is 14.8 Å². The molecule has 0 unspecified atom stereocenters. The normalized spacial score (nSPS) is 14.2. The summed E-state index contributed by atoms with van der Waals surface area (Å²) in [6.07, 6.45) is 2.52. The lowest BCUT2D eigenvalue weighted by atomic mass is 10.0. The number of para-hydroxylation sites is 1. The van der Waals surface area contributed by atoms with Crippen molar-refractivity contribution in [2.75, 3.05) is 26.8 Å². The van der Waals surface area contributed by atoms with Gasteiger partial charge in [0.25, 0.3) is 5.91 Å².